The summed E-state index contributed by atoms with van der Waals surface area (Å²) in [7, 11) is -1.23. The molecule has 2 aromatic heterocycles. The van der Waals surface area contributed by atoms with Crippen molar-refractivity contribution in [2.45, 2.75) is 18.9 Å². The zero-order valence-electron chi connectivity index (χ0n) is 14.5. The molecule has 0 spiro atoms. The van der Waals surface area contributed by atoms with Gasteiger partial charge in [0.05, 0.1) is 23.9 Å². The van der Waals surface area contributed by atoms with Gasteiger partial charge in [-0.3, -0.25) is 9.78 Å². The normalized spacial score (nSPS) is 18.4. The summed E-state index contributed by atoms with van der Waals surface area (Å²) in [5.41, 5.74) is 1.36. The zero-order chi connectivity index (χ0) is 18.6. The highest BCUT2D eigenvalue weighted by Crippen LogP contribution is 2.15. The number of rotatable bonds is 6. The Balaban J connectivity index is 1.54. The second kappa shape index (κ2) is 7.77. The lowest BCUT2D eigenvalue weighted by Gasteiger charge is -2.17. The van der Waals surface area contributed by atoms with Crippen molar-refractivity contribution < 1.29 is 13.2 Å². The molecule has 0 radical (unpaired) electrons. The van der Waals surface area contributed by atoms with Gasteiger partial charge in [0, 0.05) is 32.0 Å². The monoisotopic (exact) mass is 375 g/mol. The van der Waals surface area contributed by atoms with Crippen molar-refractivity contribution >= 4 is 21.6 Å². The predicted octanol–water partition coefficient (Wildman–Crippen LogP) is 0.785. The van der Waals surface area contributed by atoms with Crippen LogP contribution in [-0.4, -0.2) is 65.3 Å². The Bertz CT molecular complexity index is 856. The number of hydrogen-bond acceptors (Lipinski definition) is 7. The van der Waals surface area contributed by atoms with Gasteiger partial charge in [0.1, 0.15) is 11.5 Å². The van der Waals surface area contributed by atoms with Gasteiger partial charge in [-0.25, -0.2) is 18.4 Å². The van der Waals surface area contributed by atoms with Gasteiger partial charge in [-0.15, -0.1) is 0 Å². The first-order valence-corrected chi connectivity index (χ1v) is 10.2. The summed E-state index contributed by atoms with van der Waals surface area (Å²) in [6.07, 6.45) is 7.62. The van der Waals surface area contributed by atoms with E-state index in [2.05, 4.69) is 20.3 Å². The maximum Gasteiger partial charge on any atom is 0.273 e. The molecule has 3 heterocycles. The lowest BCUT2D eigenvalue weighted by atomic mass is 10.2. The van der Waals surface area contributed by atoms with E-state index in [1.165, 1.54) is 12.4 Å². The molecule has 1 unspecified atom stereocenters. The average Bonchev–Trinajstić information content (AvgIpc) is 2.99. The molecule has 1 amide bonds. The molecule has 138 valence electrons. The highest BCUT2D eigenvalue weighted by molar-refractivity contribution is 7.91. The van der Waals surface area contributed by atoms with Crippen molar-refractivity contribution in [1.29, 1.82) is 0 Å². The first kappa shape index (κ1) is 18.2. The van der Waals surface area contributed by atoms with E-state index >= 15 is 0 Å². The molecule has 1 fully saturated rings. The Morgan fingerprint density at radius 1 is 1.27 bits per heavy atom. The fraction of sp³-hybridized carbons (Fsp3) is 0.412. The number of aromatic nitrogens is 3. The highest BCUT2D eigenvalue weighted by Gasteiger charge is 2.28. The van der Waals surface area contributed by atoms with Crippen molar-refractivity contribution in [3.8, 4) is 0 Å². The summed E-state index contributed by atoms with van der Waals surface area (Å²) >= 11 is 0. The summed E-state index contributed by atoms with van der Waals surface area (Å²) in [5.74, 6) is 0.564. The van der Waals surface area contributed by atoms with E-state index in [1.807, 2.05) is 12.1 Å². The molecule has 1 saturated heterocycles. The Morgan fingerprint density at radius 2 is 2.04 bits per heavy atom. The second-order valence-electron chi connectivity index (χ2n) is 6.36. The predicted molar refractivity (Wildman–Crippen MR) is 97.6 cm³/mol. The molecule has 1 aliphatic rings. The van der Waals surface area contributed by atoms with E-state index in [9.17, 15) is 13.2 Å². The van der Waals surface area contributed by atoms with Crippen molar-refractivity contribution in [2.24, 2.45) is 0 Å². The minimum Gasteiger partial charge on any atom is -0.365 e. The van der Waals surface area contributed by atoms with Gasteiger partial charge < -0.3 is 10.2 Å². The van der Waals surface area contributed by atoms with Crippen LogP contribution in [0.3, 0.4) is 0 Å². The topological polar surface area (TPSA) is 105 Å². The van der Waals surface area contributed by atoms with Gasteiger partial charge in [0.15, 0.2) is 9.84 Å². The maximum absolute atomic E-state index is 12.4. The quantitative estimate of drug-likeness (QED) is 0.795. The van der Waals surface area contributed by atoms with Crippen LogP contribution in [0.15, 0.2) is 36.9 Å². The van der Waals surface area contributed by atoms with Crippen LogP contribution in [-0.2, 0) is 16.3 Å². The van der Waals surface area contributed by atoms with E-state index in [4.69, 9.17) is 0 Å². The Labute approximate surface area is 152 Å². The van der Waals surface area contributed by atoms with Crippen LogP contribution in [0.25, 0.3) is 0 Å². The minimum atomic E-state index is -2.95. The molecule has 1 atom stereocenters. The summed E-state index contributed by atoms with van der Waals surface area (Å²) in [4.78, 5) is 26.3. The summed E-state index contributed by atoms with van der Waals surface area (Å²) in [6.45, 7) is 0.560. The molecule has 1 aliphatic heterocycles. The maximum atomic E-state index is 12.4. The van der Waals surface area contributed by atoms with Gasteiger partial charge >= 0.3 is 0 Å². The molecule has 2 aromatic rings. The van der Waals surface area contributed by atoms with Crippen molar-refractivity contribution in [2.75, 3.05) is 30.4 Å². The number of carbonyl (C=O) groups is 1. The SMILES string of the molecule is CN(CCc1ccncc1)C(=O)c1cnc(NC2CCS(=O)(=O)C2)cn1. The number of pyridine rings is 1. The number of likely N-dealkylation sites (N-methyl/N-ethyl adjacent to an activating group) is 1. The molecule has 0 bridgehead atoms. The van der Waals surface area contributed by atoms with Gasteiger partial charge in [0.2, 0.25) is 0 Å². The highest BCUT2D eigenvalue weighted by atomic mass is 32.2. The number of anilines is 1. The van der Waals surface area contributed by atoms with E-state index in [0.29, 0.717) is 18.8 Å². The number of nitrogens with one attached hydrogen (secondary N) is 1. The number of nitrogens with zero attached hydrogens (tertiary/aromatic N) is 4. The standard InChI is InChI=1S/C17H21N5O3S/c1-22(8-4-13-2-6-18-7-3-13)17(23)15-10-20-16(11-19-15)21-14-5-9-26(24,25)12-14/h2-3,6-7,10-11,14H,4-5,8-9,12H2,1H3,(H,20,21). The summed E-state index contributed by atoms with van der Waals surface area (Å²) < 4.78 is 23.0. The van der Waals surface area contributed by atoms with Crippen LogP contribution in [0, 0.1) is 0 Å². The largest absolute Gasteiger partial charge is 0.365 e. The van der Waals surface area contributed by atoms with Crippen molar-refractivity contribution in [3.63, 3.8) is 0 Å². The first-order chi connectivity index (χ1) is 12.4. The van der Waals surface area contributed by atoms with Crippen LogP contribution >= 0.6 is 0 Å². The van der Waals surface area contributed by atoms with Crippen LogP contribution in [0.4, 0.5) is 5.82 Å². The van der Waals surface area contributed by atoms with Crippen molar-refractivity contribution in [3.05, 3.63) is 48.2 Å². The molecule has 1 N–H and O–H groups in total. The zero-order valence-corrected chi connectivity index (χ0v) is 15.3. The van der Waals surface area contributed by atoms with Crippen LogP contribution in [0.1, 0.15) is 22.5 Å². The molecule has 26 heavy (non-hydrogen) atoms. The molecule has 8 nitrogen and oxygen atoms in total. The van der Waals surface area contributed by atoms with Gasteiger partial charge in [-0.1, -0.05) is 0 Å². The van der Waals surface area contributed by atoms with E-state index < -0.39 is 9.84 Å². The van der Waals surface area contributed by atoms with E-state index in [-0.39, 0.29) is 29.1 Å². The lowest BCUT2D eigenvalue weighted by Crippen LogP contribution is -2.29. The van der Waals surface area contributed by atoms with Crippen LogP contribution < -0.4 is 5.32 Å². The van der Waals surface area contributed by atoms with Crippen LogP contribution in [0.2, 0.25) is 0 Å². The third-order valence-electron chi connectivity index (χ3n) is 4.29. The molecule has 9 heteroatoms. The molecular formula is C17H21N5O3S. The third kappa shape index (κ3) is 4.75. The lowest BCUT2D eigenvalue weighted by molar-refractivity contribution is 0.0790. The van der Waals surface area contributed by atoms with Gasteiger partial charge in [-0.05, 0) is 30.5 Å². The fourth-order valence-corrected chi connectivity index (χ4v) is 4.45. The minimum absolute atomic E-state index is 0.104. The van der Waals surface area contributed by atoms with Crippen molar-refractivity contribution in [1.82, 2.24) is 19.9 Å². The van der Waals surface area contributed by atoms with Crippen LogP contribution in [0.5, 0.6) is 0 Å². The summed E-state index contributed by atoms with van der Waals surface area (Å²) in [6, 6.07) is 3.68. The van der Waals surface area contributed by atoms with E-state index in [0.717, 1.165) is 12.0 Å². The van der Waals surface area contributed by atoms with Gasteiger partial charge in [0.25, 0.3) is 5.91 Å². The molecular weight excluding hydrogens is 354 g/mol. The molecule has 0 aliphatic carbocycles. The smallest absolute Gasteiger partial charge is 0.273 e. The fourth-order valence-electron chi connectivity index (χ4n) is 2.77. The molecule has 0 aromatic carbocycles. The number of hydrogen-bond donors (Lipinski definition) is 1. The third-order valence-corrected chi connectivity index (χ3v) is 6.06. The Hall–Kier alpha value is -2.55. The second-order valence-corrected chi connectivity index (χ2v) is 8.59. The number of amides is 1. The Kier molecular flexibility index (Phi) is 5.46. The molecule has 0 saturated carbocycles. The Morgan fingerprint density at radius 3 is 2.65 bits per heavy atom. The average molecular weight is 375 g/mol. The van der Waals surface area contributed by atoms with E-state index in [1.54, 1.807) is 24.3 Å². The molecule has 3 rings (SSSR count). The number of sulfone groups is 1. The first-order valence-electron chi connectivity index (χ1n) is 8.36. The summed E-state index contributed by atoms with van der Waals surface area (Å²) in [5, 5.41) is 3.05. The number of carbonyl (C=O) groups excluding carboxylic acids is 1. The van der Waals surface area contributed by atoms with Gasteiger partial charge in [-0.2, -0.15) is 0 Å².